The molecule has 0 aliphatic carbocycles. The monoisotopic (exact) mass is 298 g/mol. The van der Waals surface area contributed by atoms with Gasteiger partial charge in [-0.3, -0.25) is 0 Å². The van der Waals surface area contributed by atoms with Crippen LogP contribution in [0.3, 0.4) is 0 Å². The SMILES string of the molecule is CCC1CCN(c2ncncc2Br)C(CN)C1. The van der Waals surface area contributed by atoms with Gasteiger partial charge in [0.15, 0.2) is 0 Å². The molecular formula is C12H19BrN4. The Kier molecular flexibility index (Phi) is 4.34. The molecule has 0 bridgehead atoms. The van der Waals surface area contributed by atoms with E-state index in [1.165, 1.54) is 19.3 Å². The van der Waals surface area contributed by atoms with E-state index in [1.807, 2.05) is 0 Å². The third kappa shape index (κ3) is 2.77. The fourth-order valence-corrected chi connectivity index (χ4v) is 2.97. The average Bonchev–Trinajstić information content (AvgIpc) is 2.38. The zero-order valence-electron chi connectivity index (χ0n) is 10.1. The van der Waals surface area contributed by atoms with Crippen LogP contribution >= 0.6 is 15.9 Å². The van der Waals surface area contributed by atoms with Gasteiger partial charge in [-0.05, 0) is 34.7 Å². The summed E-state index contributed by atoms with van der Waals surface area (Å²) in [6, 6.07) is 0.403. The second-order valence-electron chi connectivity index (χ2n) is 4.58. The highest BCUT2D eigenvalue weighted by atomic mass is 79.9. The van der Waals surface area contributed by atoms with Crippen LogP contribution in [0.5, 0.6) is 0 Å². The Morgan fingerprint density at radius 1 is 1.59 bits per heavy atom. The molecule has 1 aliphatic rings. The summed E-state index contributed by atoms with van der Waals surface area (Å²) >= 11 is 3.51. The number of piperidine rings is 1. The van der Waals surface area contributed by atoms with Gasteiger partial charge in [-0.25, -0.2) is 9.97 Å². The molecule has 0 saturated carbocycles. The number of aromatic nitrogens is 2. The molecule has 94 valence electrons. The van der Waals surface area contributed by atoms with Crippen molar-refractivity contribution in [1.29, 1.82) is 0 Å². The van der Waals surface area contributed by atoms with Crippen LogP contribution in [0.2, 0.25) is 0 Å². The quantitative estimate of drug-likeness (QED) is 0.929. The van der Waals surface area contributed by atoms with E-state index < -0.39 is 0 Å². The average molecular weight is 299 g/mol. The summed E-state index contributed by atoms with van der Waals surface area (Å²) in [7, 11) is 0. The van der Waals surface area contributed by atoms with Gasteiger partial charge in [0.05, 0.1) is 4.47 Å². The standard InChI is InChI=1S/C12H19BrN4/c1-2-9-3-4-17(10(5-9)6-14)12-11(13)7-15-8-16-12/h7-10H,2-6,14H2,1H3. The fourth-order valence-electron chi connectivity index (χ4n) is 2.52. The molecule has 0 radical (unpaired) electrons. The van der Waals surface area contributed by atoms with Crippen molar-refractivity contribution in [3.63, 3.8) is 0 Å². The molecule has 0 aromatic carbocycles. The van der Waals surface area contributed by atoms with E-state index in [0.717, 1.165) is 22.8 Å². The molecule has 2 N–H and O–H groups in total. The van der Waals surface area contributed by atoms with Crippen LogP contribution in [0, 0.1) is 5.92 Å². The third-order valence-electron chi connectivity index (χ3n) is 3.59. The normalized spacial score (nSPS) is 25.0. The van der Waals surface area contributed by atoms with Gasteiger partial charge in [-0.2, -0.15) is 0 Å². The molecule has 4 nitrogen and oxygen atoms in total. The number of anilines is 1. The summed E-state index contributed by atoms with van der Waals surface area (Å²) in [5.41, 5.74) is 5.90. The Morgan fingerprint density at radius 2 is 2.41 bits per heavy atom. The highest BCUT2D eigenvalue weighted by molar-refractivity contribution is 9.10. The molecule has 1 aromatic heterocycles. The first kappa shape index (κ1) is 12.8. The zero-order chi connectivity index (χ0) is 12.3. The van der Waals surface area contributed by atoms with Crippen LogP contribution in [0.1, 0.15) is 26.2 Å². The Labute approximate surface area is 111 Å². The minimum Gasteiger partial charge on any atom is -0.351 e. The second-order valence-corrected chi connectivity index (χ2v) is 5.43. The number of nitrogens with zero attached hydrogens (tertiary/aromatic N) is 3. The molecule has 1 aliphatic heterocycles. The van der Waals surface area contributed by atoms with Crippen LogP contribution in [0.25, 0.3) is 0 Å². The van der Waals surface area contributed by atoms with Crippen LogP contribution in [-0.4, -0.2) is 29.1 Å². The molecule has 17 heavy (non-hydrogen) atoms. The van der Waals surface area contributed by atoms with E-state index in [0.29, 0.717) is 12.6 Å². The molecular weight excluding hydrogens is 280 g/mol. The van der Waals surface area contributed by atoms with Gasteiger partial charge in [0.2, 0.25) is 0 Å². The topological polar surface area (TPSA) is 55.0 Å². The highest BCUT2D eigenvalue weighted by Crippen LogP contribution is 2.31. The van der Waals surface area contributed by atoms with E-state index in [-0.39, 0.29) is 0 Å². The summed E-state index contributed by atoms with van der Waals surface area (Å²) in [6.45, 7) is 3.98. The van der Waals surface area contributed by atoms with Crippen molar-refractivity contribution in [2.75, 3.05) is 18.0 Å². The van der Waals surface area contributed by atoms with E-state index in [1.54, 1.807) is 12.5 Å². The van der Waals surface area contributed by atoms with E-state index in [2.05, 4.69) is 37.7 Å². The lowest BCUT2D eigenvalue weighted by atomic mass is 9.89. The van der Waals surface area contributed by atoms with Crippen LogP contribution in [-0.2, 0) is 0 Å². The molecule has 5 heteroatoms. The van der Waals surface area contributed by atoms with Crippen LogP contribution < -0.4 is 10.6 Å². The van der Waals surface area contributed by atoms with Crippen molar-refractivity contribution >= 4 is 21.7 Å². The summed E-state index contributed by atoms with van der Waals surface area (Å²) in [5, 5.41) is 0. The summed E-state index contributed by atoms with van der Waals surface area (Å²) in [4.78, 5) is 10.7. The van der Waals surface area contributed by atoms with Crippen molar-refractivity contribution in [2.45, 2.75) is 32.2 Å². The molecule has 2 rings (SSSR count). The van der Waals surface area contributed by atoms with Crippen molar-refractivity contribution < 1.29 is 0 Å². The number of hydrogen-bond acceptors (Lipinski definition) is 4. The van der Waals surface area contributed by atoms with Gasteiger partial charge in [0, 0.05) is 25.3 Å². The fraction of sp³-hybridized carbons (Fsp3) is 0.667. The zero-order valence-corrected chi connectivity index (χ0v) is 11.7. The Hall–Kier alpha value is -0.680. The van der Waals surface area contributed by atoms with Gasteiger partial charge in [-0.15, -0.1) is 0 Å². The molecule has 2 heterocycles. The lowest BCUT2D eigenvalue weighted by molar-refractivity contribution is 0.334. The van der Waals surface area contributed by atoms with Crippen molar-refractivity contribution in [3.05, 3.63) is 17.0 Å². The minimum atomic E-state index is 0.403. The molecule has 2 atom stereocenters. The maximum Gasteiger partial charge on any atom is 0.146 e. The Morgan fingerprint density at radius 3 is 3.06 bits per heavy atom. The predicted octanol–water partition coefficient (Wildman–Crippen LogP) is 2.19. The lowest BCUT2D eigenvalue weighted by Crippen LogP contribution is -2.47. The number of rotatable bonds is 3. The van der Waals surface area contributed by atoms with Crippen LogP contribution in [0.4, 0.5) is 5.82 Å². The number of hydrogen-bond donors (Lipinski definition) is 1. The molecule has 0 amide bonds. The number of nitrogens with two attached hydrogens (primary N) is 1. The molecule has 1 fully saturated rings. The van der Waals surface area contributed by atoms with Crippen molar-refractivity contribution in [3.8, 4) is 0 Å². The predicted molar refractivity (Wildman–Crippen MR) is 72.9 cm³/mol. The van der Waals surface area contributed by atoms with Crippen molar-refractivity contribution in [1.82, 2.24) is 9.97 Å². The summed E-state index contributed by atoms with van der Waals surface area (Å²) in [5.74, 6) is 1.78. The van der Waals surface area contributed by atoms with E-state index >= 15 is 0 Å². The van der Waals surface area contributed by atoms with Crippen molar-refractivity contribution in [2.24, 2.45) is 11.7 Å². The van der Waals surface area contributed by atoms with E-state index in [4.69, 9.17) is 5.73 Å². The first-order valence-electron chi connectivity index (χ1n) is 6.18. The van der Waals surface area contributed by atoms with Gasteiger partial charge >= 0.3 is 0 Å². The maximum atomic E-state index is 5.90. The minimum absolute atomic E-state index is 0.403. The molecule has 1 aromatic rings. The Balaban J connectivity index is 2.18. The first-order chi connectivity index (χ1) is 8.26. The van der Waals surface area contributed by atoms with Gasteiger partial charge in [-0.1, -0.05) is 13.3 Å². The molecule has 1 saturated heterocycles. The highest BCUT2D eigenvalue weighted by Gasteiger charge is 2.28. The second kappa shape index (κ2) is 5.78. The molecule has 2 unspecified atom stereocenters. The maximum absolute atomic E-state index is 5.90. The first-order valence-corrected chi connectivity index (χ1v) is 6.97. The largest absolute Gasteiger partial charge is 0.351 e. The lowest BCUT2D eigenvalue weighted by Gasteiger charge is -2.39. The smallest absolute Gasteiger partial charge is 0.146 e. The molecule has 0 spiro atoms. The third-order valence-corrected chi connectivity index (χ3v) is 4.15. The summed E-state index contributed by atoms with van der Waals surface area (Å²) < 4.78 is 0.952. The van der Waals surface area contributed by atoms with Gasteiger partial charge in [0.25, 0.3) is 0 Å². The van der Waals surface area contributed by atoms with Gasteiger partial charge < -0.3 is 10.6 Å². The van der Waals surface area contributed by atoms with Crippen LogP contribution in [0.15, 0.2) is 17.0 Å². The Bertz CT molecular complexity index is 371. The van der Waals surface area contributed by atoms with Gasteiger partial charge in [0.1, 0.15) is 12.1 Å². The number of halogens is 1. The summed E-state index contributed by atoms with van der Waals surface area (Å²) in [6.07, 6.45) is 7.03. The van der Waals surface area contributed by atoms with E-state index in [9.17, 15) is 0 Å².